The van der Waals surface area contributed by atoms with Crippen molar-refractivity contribution in [1.82, 2.24) is 9.97 Å². The molecule has 0 atom stereocenters. The number of aromatic nitrogens is 2. The van der Waals surface area contributed by atoms with Crippen molar-refractivity contribution in [2.75, 3.05) is 4.90 Å². The van der Waals surface area contributed by atoms with Gasteiger partial charge in [-0.15, -0.1) is 0 Å². The van der Waals surface area contributed by atoms with E-state index in [0.29, 0.717) is 18.8 Å². The predicted octanol–water partition coefficient (Wildman–Crippen LogP) is 1.09. The molecule has 1 aliphatic heterocycles. The minimum atomic E-state index is -0.239. The lowest BCUT2D eigenvalue weighted by Gasteiger charge is -2.33. The number of carbonyl (C=O) groups excluding carboxylic acids is 2. The van der Waals surface area contributed by atoms with Gasteiger partial charge in [-0.2, -0.15) is 0 Å². The zero-order valence-electron chi connectivity index (χ0n) is 8.78. The molecule has 1 N–H and O–H groups in total. The Morgan fingerprint density at radius 3 is 2.40 bits per heavy atom. The lowest BCUT2D eigenvalue weighted by atomic mass is 9.82. The molecule has 2 rings (SSSR count). The Morgan fingerprint density at radius 2 is 1.93 bits per heavy atom. The van der Waals surface area contributed by atoms with Crippen molar-refractivity contribution in [3.8, 4) is 0 Å². The van der Waals surface area contributed by atoms with Crippen molar-refractivity contribution >= 4 is 17.8 Å². The van der Waals surface area contributed by atoms with Gasteiger partial charge in [0.1, 0.15) is 0 Å². The Bertz CT molecular complexity index is 375. The fourth-order valence-electron chi connectivity index (χ4n) is 1.79. The van der Waals surface area contributed by atoms with Crippen molar-refractivity contribution in [3.05, 3.63) is 12.4 Å². The molecule has 1 fully saturated rings. The van der Waals surface area contributed by atoms with Gasteiger partial charge in [0.05, 0.1) is 0 Å². The molecule has 0 aliphatic carbocycles. The van der Waals surface area contributed by atoms with Gasteiger partial charge in [-0.3, -0.25) is 9.59 Å². The molecule has 2 amide bonds. The fourth-order valence-corrected chi connectivity index (χ4v) is 1.79. The second kappa shape index (κ2) is 3.18. The minimum Gasteiger partial charge on any atom is -0.330 e. The van der Waals surface area contributed by atoms with Crippen LogP contribution in [0.15, 0.2) is 12.4 Å². The molecular formula is C10H13N3O2. The van der Waals surface area contributed by atoms with Crippen LogP contribution in [0.3, 0.4) is 0 Å². The van der Waals surface area contributed by atoms with Gasteiger partial charge in [0, 0.05) is 25.2 Å². The van der Waals surface area contributed by atoms with E-state index in [1.165, 1.54) is 6.20 Å². The Hall–Kier alpha value is -1.65. The zero-order valence-corrected chi connectivity index (χ0v) is 8.78. The number of imide groups is 1. The highest BCUT2D eigenvalue weighted by Crippen LogP contribution is 2.32. The van der Waals surface area contributed by atoms with Crippen molar-refractivity contribution in [2.24, 2.45) is 5.41 Å². The van der Waals surface area contributed by atoms with Gasteiger partial charge < -0.3 is 4.98 Å². The first-order valence-electron chi connectivity index (χ1n) is 4.85. The normalized spacial score (nSPS) is 20.8. The number of aromatic amines is 1. The molecule has 1 aliphatic rings. The fraction of sp³-hybridized carbons (Fsp3) is 0.500. The van der Waals surface area contributed by atoms with E-state index in [1.54, 1.807) is 6.20 Å². The number of hydrogen-bond acceptors (Lipinski definition) is 3. The second-order valence-corrected chi connectivity index (χ2v) is 4.55. The van der Waals surface area contributed by atoms with Gasteiger partial charge in [0.25, 0.3) is 0 Å². The Kier molecular flexibility index (Phi) is 2.10. The molecule has 2 heterocycles. The quantitative estimate of drug-likeness (QED) is 0.701. The van der Waals surface area contributed by atoms with Crippen LogP contribution in [-0.4, -0.2) is 21.8 Å². The third-order valence-corrected chi connectivity index (χ3v) is 2.45. The molecule has 0 radical (unpaired) electrons. The topological polar surface area (TPSA) is 66.1 Å². The van der Waals surface area contributed by atoms with Gasteiger partial charge in [-0.1, -0.05) is 13.8 Å². The standard InChI is InChI=1S/C10H13N3O2/c1-10(2)5-7(14)13(8(15)6-10)9-11-3-4-12-9/h3-4H,5-6H2,1-2H3,(H,11,12). The van der Waals surface area contributed by atoms with Crippen LogP contribution in [0.1, 0.15) is 26.7 Å². The highest BCUT2D eigenvalue weighted by Gasteiger charge is 2.39. The van der Waals surface area contributed by atoms with E-state index in [9.17, 15) is 9.59 Å². The Balaban J connectivity index is 2.29. The molecular weight excluding hydrogens is 194 g/mol. The summed E-state index contributed by atoms with van der Waals surface area (Å²) in [6.45, 7) is 3.84. The van der Waals surface area contributed by atoms with Crippen molar-refractivity contribution in [1.29, 1.82) is 0 Å². The first-order valence-corrected chi connectivity index (χ1v) is 4.85. The molecule has 0 saturated carbocycles. The van der Waals surface area contributed by atoms with Crippen LogP contribution in [0, 0.1) is 5.41 Å². The molecule has 15 heavy (non-hydrogen) atoms. The number of nitrogens with one attached hydrogen (secondary N) is 1. The molecule has 0 bridgehead atoms. The van der Waals surface area contributed by atoms with E-state index in [0.717, 1.165) is 4.90 Å². The van der Waals surface area contributed by atoms with Crippen molar-refractivity contribution < 1.29 is 9.59 Å². The van der Waals surface area contributed by atoms with Crippen LogP contribution in [0.2, 0.25) is 0 Å². The third kappa shape index (κ3) is 1.77. The van der Waals surface area contributed by atoms with Gasteiger partial charge in [0.2, 0.25) is 17.8 Å². The molecule has 0 aromatic carbocycles. The maximum atomic E-state index is 11.8. The van der Waals surface area contributed by atoms with Crippen LogP contribution < -0.4 is 4.90 Å². The summed E-state index contributed by atoms with van der Waals surface area (Å²) in [5.41, 5.74) is -0.239. The van der Waals surface area contributed by atoms with E-state index in [1.807, 2.05) is 13.8 Å². The van der Waals surface area contributed by atoms with Crippen molar-refractivity contribution in [3.63, 3.8) is 0 Å². The van der Waals surface area contributed by atoms with Crippen LogP contribution in [0.4, 0.5) is 5.95 Å². The lowest BCUT2D eigenvalue weighted by molar-refractivity contribution is -0.132. The number of piperidine rings is 1. The van der Waals surface area contributed by atoms with Crippen LogP contribution in [0.5, 0.6) is 0 Å². The number of amides is 2. The van der Waals surface area contributed by atoms with Gasteiger partial charge >= 0.3 is 0 Å². The maximum absolute atomic E-state index is 11.8. The monoisotopic (exact) mass is 207 g/mol. The first-order chi connectivity index (χ1) is 6.99. The van der Waals surface area contributed by atoms with E-state index in [2.05, 4.69) is 9.97 Å². The number of anilines is 1. The Morgan fingerprint density at radius 1 is 1.33 bits per heavy atom. The summed E-state index contributed by atoms with van der Waals surface area (Å²) in [4.78, 5) is 31.3. The molecule has 1 aromatic heterocycles. The number of nitrogens with zero attached hydrogens (tertiary/aromatic N) is 2. The molecule has 5 nitrogen and oxygen atoms in total. The molecule has 5 heteroatoms. The summed E-state index contributed by atoms with van der Waals surface area (Å²) in [5.74, 6) is -0.0575. The van der Waals surface area contributed by atoms with Gasteiger partial charge in [0.15, 0.2) is 0 Å². The summed E-state index contributed by atoms with van der Waals surface area (Å²) in [5, 5.41) is 0. The molecule has 0 spiro atoms. The van der Waals surface area contributed by atoms with Gasteiger partial charge in [-0.25, -0.2) is 9.88 Å². The van der Waals surface area contributed by atoms with Crippen LogP contribution >= 0.6 is 0 Å². The van der Waals surface area contributed by atoms with E-state index in [4.69, 9.17) is 0 Å². The number of imidazole rings is 1. The van der Waals surface area contributed by atoms with E-state index >= 15 is 0 Å². The number of hydrogen-bond donors (Lipinski definition) is 1. The summed E-state index contributed by atoms with van der Waals surface area (Å²) in [6, 6.07) is 0. The highest BCUT2D eigenvalue weighted by atomic mass is 16.2. The van der Waals surface area contributed by atoms with E-state index < -0.39 is 0 Å². The largest absolute Gasteiger partial charge is 0.330 e. The highest BCUT2D eigenvalue weighted by molar-refractivity contribution is 6.15. The predicted molar refractivity (Wildman–Crippen MR) is 54.1 cm³/mol. The summed E-state index contributed by atoms with van der Waals surface area (Å²) in [7, 11) is 0. The van der Waals surface area contributed by atoms with Crippen molar-refractivity contribution in [2.45, 2.75) is 26.7 Å². The smallest absolute Gasteiger partial charge is 0.236 e. The summed E-state index contributed by atoms with van der Waals surface area (Å²) < 4.78 is 0. The summed E-state index contributed by atoms with van der Waals surface area (Å²) >= 11 is 0. The third-order valence-electron chi connectivity index (χ3n) is 2.45. The van der Waals surface area contributed by atoms with Crippen LogP contribution in [0.25, 0.3) is 0 Å². The lowest BCUT2D eigenvalue weighted by Crippen LogP contribution is -2.46. The first kappa shape index (κ1) is 9.89. The average molecular weight is 207 g/mol. The molecule has 1 saturated heterocycles. The summed E-state index contributed by atoms with van der Waals surface area (Å²) in [6.07, 6.45) is 3.87. The molecule has 1 aromatic rings. The maximum Gasteiger partial charge on any atom is 0.236 e. The number of rotatable bonds is 1. The molecule has 80 valence electrons. The van der Waals surface area contributed by atoms with E-state index in [-0.39, 0.29) is 17.2 Å². The zero-order chi connectivity index (χ0) is 11.1. The minimum absolute atomic E-state index is 0.189. The number of H-pyrrole nitrogens is 1. The average Bonchev–Trinajstić information content (AvgIpc) is 2.52. The second-order valence-electron chi connectivity index (χ2n) is 4.55. The molecule has 0 unspecified atom stereocenters. The Labute approximate surface area is 87.5 Å². The van der Waals surface area contributed by atoms with Gasteiger partial charge in [-0.05, 0) is 5.41 Å². The number of carbonyl (C=O) groups is 2. The SMILES string of the molecule is CC1(C)CC(=O)N(c2ncc[nH]2)C(=O)C1. The van der Waals surface area contributed by atoms with Crippen LogP contribution in [-0.2, 0) is 9.59 Å².